The van der Waals surface area contributed by atoms with Crippen molar-refractivity contribution in [1.29, 1.82) is 0 Å². The maximum Gasteiger partial charge on any atom is 0.199 e. The molecule has 5 heteroatoms. The molecule has 0 unspecified atom stereocenters. The van der Waals surface area contributed by atoms with E-state index in [4.69, 9.17) is 0 Å². The molecule has 0 fully saturated rings. The van der Waals surface area contributed by atoms with Gasteiger partial charge in [0, 0.05) is 34.8 Å². The number of hydrogen-bond acceptors (Lipinski definition) is 3. The first-order valence-corrected chi connectivity index (χ1v) is 11.9. The summed E-state index contributed by atoms with van der Waals surface area (Å²) in [5.41, 5.74) is 5.18. The van der Waals surface area contributed by atoms with Gasteiger partial charge in [0.25, 0.3) is 0 Å². The van der Waals surface area contributed by atoms with Crippen molar-refractivity contribution in [3.63, 3.8) is 0 Å². The number of nitrogens with one attached hydrogen (secondary N) is 2. The first kappa shape index (κ1) is 21.3. The molecular weight excluding hydrogens is 410 g/mol. The molecule has 2 N–H and O–H groups in total. The third-order valence-electron chi connectivity index (χ3n) is 6.53. The van der Waals surface area contributed by atoms with Crippen molar-refractivity contribution in [3.05, 3.63) is 74.5 Å². The number of H-pyrrole nitrogens is 2. The van der Waals surface area contributed by atoms with E-state index in [2.05, 4.69) is 41.7 Å². The van der Waals surface area contributed by atoms with Gasteiger partial charge in [0.2, 0.25) is 0 Å². The Morgan fingerprint density at radius 1 is 0.697 bits per heavy atom. The second kappa shape index (κ2) is 8.39. The molecule has 2 aromatic heterocycles. The summed E-state index contributed by atoms with van der Waals surface area (Å²) in [4.78, 5) is 36.3. The van der Waals surface area contributed by atoms with Crippen LogP contribution >= 0.6 is 0 Å². The summed E-state index contributed by atoms with van der Waals surface area (Å²) in [7, 11) is 0. The van der Waals surface area contributed by atoms with Crippen LogP contribution in [0.3, 0.4) is 0 Å². The Bertz CT molecular complexity index is 1620. The average Bonchev–Trinajstić information content (AvgIpc) is 2.83. The number of rotatable bonds is 6. The fourth-order valence-corrected chi connectivity index (χ4v) is 5.03. The van der Waals surface area contributed by atoms with E-state index in [9.17, 15) is 9.59 Å². The summed E-state index contributed by atoms with van der Waals surface area (Å²) >= 11 is 0. The zero-order valence-corrected chi connectivity index (χ0v) is 19.4. The molecule has 0 aliphatic rings. The molecule has 0 radical (unpaired) electrons. The van der Waals surface area contributed by atoms with E-state index in [-0.39, 0.29) is 10.9 Å². The Kier molecular flexibility index (Phi) is 5.41. The largest absolute Gasteiger partial charge is 0.371 e. The van der Waals surface area contributed by atoms with E-state index in [1.165, 1.54) is 5.56 Å². The zero-order valence-electron chi connectivity index (χ0n) is 19.4. The van der Waals surface area contributed by atoms with E-state index in [0.29, 0.717) is 27.2 Å². The van der Waals surface area contributed by atoms with Gasteiger partial charge in [-0.3, -0.25) is 9.59 Å². The molecule has 0 aliphatic carbocycles. The van der Waals surface area contributed by atoms with E-state index < -0.39 is 0 Å². The summed E-state index contributed by atoms with van der Waals surface area (Å²) in [6, 6.07) is 15.3. The summed E-state index contributed by atoms with van der Waals surface area (Å²) in [6.07, 6.45) is 2.90. The number of pyridine rings is 2. The topological polar surface area (TPSA) is 69.0 Å². The second-order valence-electron chi connectivity index (χ2n) is 8.73. The molecule has 33 heavy (non-hydrogen) atoms. The molecule has 5 aromatic rings. The lowest BCUT2D eigenvalue weighted by atomic mass is 10.00. The molecule has 168 valence electrons. The molecule has 0 saturated carbocycles. The lowest BCUT2D eigenvalue weighted by Crippen LogP contribution is -2.27. The van der Waals surface area contributed by atoms with Gasteiger partial charge in [0.15, 0.2) is 10.9 Å². The van der Waals surface area contributed by atoms with Crippen LogP contribution in [-0.2, 0) is 6.42 Å². The predicted octanol–water partition coefficient (Wildman–Crippen LogP) is 5.86. The molecule has 3 aromatic carbocycles. The highest BCUT2D eigenvalue weighted by Gasteiger charge is 2.18. The standard InChI is InChI=1S/C28H29N3O2/c1-4-13-31(14-5-2)26-17(6-3)11-12-22-25(26)28(33)20-16-23-19(15-24(20)30-22)27(32)18-9-7-8-10-21(18)29-23/h7-12,15-16H,4-6,13-14H2,1-3H3,(H,29,32)(H,30,33). The zero-order chi connectivity index (χ0) is 23.1. The second-order valence-corrected chi connectivity index (χ2v) is 8.73. The van der Waals surface area contributed by atoms with Crippen LogP contribution < -0.4 is 15.8 Å². The Balaban J connectivity index is 1.89. The fourth-order valence-electron chi connectivity index (χ4n) is 5.03. The number of fused-ring (bicyclic) bond motifs is 4. The normalized spacial score (nSPS) is 11.7. The monoisotopic (exact) mass is 439 g/mol. The minimum atomic E-state index is -0.0266. The number of aromatic nitrogens is 2. The van der Waals surface area contributed by atoms with Gasteiger partial charge in [0.1, 0.15) is 0 Å². The summed E-state index contributed by atoms with van der Waals surface area (Å²) in [5.74, 6) is 0. The van der Waals surface area contributed by atoms with Gasteiger partial charge < -0.3 is 14.9 Å². The maximum atomic E-state index is 13.9. The maximum absolute atomic E-state index is 13.9. The van der Waals surface area contributed by atoms with Crippen LogP contribution in [0.4, 0.5) is 5.69 Å². The van der Waals surface area contributed by atoms with Crippen LogP contribution in [0.2, 0.25) is 0 Å². The lowest BCUT2D eigenvalue weighted by molar-refractivity contribution is 0.743. The summed E-state index contributed by atoms with van der Waals surface area (Å²) in [5, 5.41) is 2.58. The van der Waals surface area contributed by atoms with Gasteiger partial charge in [-0.15, -0.1) is 0 Å². The minimum absolute atomic E-state index is 0.0113. The van der Waals surface area contributed by atoms with Crippen molar-refractivity contribution < 1.29 is 0 Å². The first-order chi connectivity index (χ1) is 16.1. The number of hydrogen-bond donors (Lipinski definition) is 2. The van der Waals surface area contributed by atoms with Gasteiger partial charge >= 0.3 is 0 Å². The van der Waals surface area contributed by atoms with Crippen molar-refractivity contribution in [3.8, 4) is 0 Å². The molecule has 0 spiro atoms. The third kappa shape index (κ3) is 3.39. The number of nitrogens with zero attached hydrogens (tertiary/aromatic N) is 1. The molecule has 0 amide bonds. The fraction of sp³-hybridized carbons (Fsp3) is 0.286. The van der Waals surface area contributed by atoms with Crippen molar-refractivity contribution in [2.75, 3.05) is 18.0 Å². The van der Waals surface area contributed by atoms with E-state index >= 15 is 0 Å². The Morgan fingerprint density at radius 3 is 2.00 bits per heavy atom. The smallest absolute Gasteiger partial charge is 0.199 e. The van der Waals surface area contributed by atoms with Gasteiger partial charge in [-0.05, 0) is 55.2 Å². The highest BCUT2D eigenvalue weighted by molar-refractivity contribution is 6.05. The molecule has 0 bridgehead atoms. The highest BCUT2D eigenvalue weighted by atomic mass is 16.1. The SMILES string of the molecule is CCCN(CCC)c1c(CC)ccc2[nH]c3cc4c(=O)c5ccccc5[nH]c4cc3c(=O)c12. The van der Waals surface area contributed by atoms with Crippen molar-refractivity contribution in [1.82, 2.24) is 9.97 Å². The van der Waals surface area contributed by atoms with Crippen LogP contribution in [0.25, 0.3) is 43.6 Å². The highest BCUT2D eigenvalue weighted by Crippen LogP contribution is 2.31. The number of para-hydroxylation sites is 1. The van der Waals surface area contributed by atoms with Crippen LogP contribution in [0, 0.1) is 0 Å². The molecule has 5 nitrogen and oxygen atoms in total. The summed E-state index contributed by atoms with van der Waals surface area (Å²) < 4.78 is 0. The first-order valence-electron chi connectivity index (χ1n) is 11.9. The number of benzene rings is 3. The molecular formula is C28H29N3O2. The summed E-state index contributed by atoms with van der Waals surface area (Å²) in [6.45, 7) is 8.31. The minimum Gasteiger partial charge on any atom is -0.371 e. The lowest BCUT2D eigenvalue weighted by Gasteiger charge is -2.27. The number of aromatic amines is 2. The van der Waals surface area contributed by atoms with Crippen molar-refractivity contribution >= 4 is 49.3 Å². The average molecular weight is 440 g/mol. The molecule has 2 heterocycles. The van der Waals surface area contributed by atoms with Crippen molar-refractivity contribution in [2.45, 2.75) is 40.0 Å². The third-order valence-corrected chi connectivity index (χ3v) is 6.53. The predicted molar refractivity (Wildman–Crippen MR) is 140 cm³/mol. The molecule has 5 rings (SSSR count). The van der Waals surface area contributed by atoms with Crippen LogP contribution in [0.1, 0.15) is 39.2 Å². The van der Waals surface area contributed by atoms with Gasteiger partial charge in [-0.1, -0.05) is 39.0 Å². The van der Waals surface area contributed by atoms with E-state index in [0.717, 1.165) is 54.5 Å². The van der Waals surface area contributed by atoms with Gasteiger partial charge in [-0.25, -0.2) is 0 Å². The van der Waals surface area contributed by atoms with Crippen molar-refractivity contribution in [2.24, 2.45) is 0 Å². The Labute approximate surface area is 192 Å². The molecule has 0 atom stereocenters. The number of anilines is 1. The van der Waals surface area contributed by atoms with Crippen LogP contribution in [0.15, 0.2) is 58.1 Å². The Morgan fingerprint density at radius 2 is 1.33 bits per heavy atom. The van der Waals surface area contributed by atoms with E-state index in [1.54, 1.807) is 0 Å². The quantitative estimate of drug-likeness (QED) is 0.325. The molecule has 0 saturated heterocycles. The molecule has 0 aliphatic heterocycles. The van der Waals surface area contributed by atoms with Gasteiger partial charge in [0.05, 0.1) is 27.6 Å². The van der Waals surface area contributed by atoms with Gasteiger partial charge in [-0.2, -0.15) is 0 Å². The Hall–Kier alpha value is -3.60. The number of aryl methyl sites for hydroxylation is 1. The van der Waals surface area contributed by atoms with Crippen LogP contribution in [-0.4, -0.2) is 23.1 Å². The van der Waals surface area contributed by atoms with E-state index in [1.807, 2.05) is 42.5 Å². The van der Waals surface area contributed by atoms with Crippen LogP contribution in [0.5, 0.6) is 0 Å².